The summed E-state index contributed by atoms with van der Waals surface area (Å²) >= 11 is 1.41. The third-order valence-electron chi connectivity index (χ3n) is 3.76. The van der Waals surface area contributed by atoms with Crippen molar-refractivity contribution in [1.82, 2.24) is 20.3 Å². The lowest BCUT2D eigenvalue weighted by Gasteiger charge is -2.02. The molecule has 0 aliphatic rings. The quantitative estimate of drug-likeness (QED) is 0.620. The molecule has 0 radical (unpaired) electrons. The van der Waals surface area contributed by atoms with Crippen molar-refractivity contribution in [3.05, 3.63) is 41.0 Å². The van der Waals surface area contributed by atoms with E-state index in [-0.39, 0.29) is 11.2 Å². The summed E-state index contributed by atoms with van der Waals surface area (Å²) in [6.07, 6.45) is 0. The summed E-state index contributed by atoms with van der Waals surface area (Å²) in [6, 6.07) is 6.09. The van der Waals surface area contributed by atoms with Crippen LogP contribution in [0, 0.1) is 13.8 Å². The second-order valence-corrected chi connectivity index (χ2v) is 7.37. The van der Waals surface area contributed by atoms with Gasteiger partial charge in [0.15, 0.2) is 5.82 Å². The Kier molecular flexibility index (Phi) is 4.71. The number of benzene rings is 1. The molecule has 0 saturated heterocycles. The molecule has 2 heterocycles. The van der Waals surface area contributed by atoms with Gasteiger partial charge in [-0.1, -0.05) is 36.8 Å². The van der Waals surface area contributed by atoms with Crippen LogP contribution in [0.1, 0.15) is 54.8 Å². The Morgan fingerprint density at radius 3 is 2.50 bits per heavy atom. The van der Waals surface area contributed by atoms with Crippen LogP contribution in [0.4, 0.5) is 0 Å². The van der Waals surface area contributed by atoms with Gasteiger partial charge in [-0.05, 0) is 44.0 Å². The van der Waals surface area contributed by atoms with Crippen LogP contribution in [0.25, 0.3) is 11.5 Å². The number of nitrogens with zero attached hydrogens (tertiary/aromatic N) is 4. The van der Waals surface area contributed by atoms with Gasteiger partial charge in [0.1, 0.15) is 0 Å². The van der Waals surface area contributed by atoms with Crippen molar-refractivity contribution < 1.29 is 8.94 Å². The van der Waals surface area contributed by atoms with Gasteiger partial charge in [-0.3, -0.25) is 0 Å². The molecule has 0 saturated carbocycles. The molecule has 1 atom stereocenters. The highest BCUT2D eigenvalue weighted by Crippen LogP contribution is 2.34. The van der Waals surface area contributed by atoms with Crippen LogP contribution in [0.5, 0.6) is 0 Å². The first-order chi connectivity index (χ1) is 11.4. The Labute approximate surface area is 145 Å². The third-order valence-corrected chi connectivity index (χ3v) is 4.68. The van der Waals surface area contributed by atoms with E-state index in [1.54, 1.807) is 0 Å². The summed E-state index contributed by atoms with van der Waals surface area (Å²) in [7, 11) is 0. The van der Waals surface area contributed by atoms with Gasteiger partial charge in [-0.2, -0.15) is 4.98 Å². The molecule has 6 nitrogen and oxygen atoms in total. The average molecular weight is 344 g/mol. The maximum atomic E-state index is 5.76. The number of thioether (sulfide) groups is 1. The molecule has 126 valence electrons. The molecule has 0 fully saturated rings. The zero-order chi connectivity index (χ0) is 17.3. The topological polar surface area (TPSA) is 77.8 Å². The highest BCUT2D eigenvalue weighted by atomic mass is 32.2. The fourth-order valence-electron chi connectivity index (χ4n) is 2.10. The summed E-state index contributed by atoms with van der Waals surface area (Å²) in [5.74, 6) is 2.02. The first-order valence-electron chi connectivity index (χ1n) is 7.85. The standard InChI is InChI=1S/C17H20N4O2S/c1-9(2)14-18-15(23-21-14)12(5)24-17-20-19-16(22-17)13-7-6-10(3)11(4)8-13/h6-9,12H,1-5H3. The lowest BCUT2D eigenvalue weighted by Crippen LogP contribution is -1.92. The Hall–Kier alpha value is -2.15. The highest BCUT2D eigenvalue weighted by molar-refractivity contribution is 7.99. The first kappa shape index (κ1) is 16.7. The number of hydrogen-bond acceptors (Lipinski definition) is 7. The monoisotopic (exact) mass is 344 g/mol. The molecule has 1 unspecified atom stereocenters. The Morgan fingerprint density at radius 1 is 1.04 bits per heavy atom. The summed E-state index contributed by atoms with van der Waals surface area (Å²) in [4.78, 5) is 4.40. The van der Waals surface area contributed by atoms with Crippen LogP contribution in [-0.2, 0) is 0 Å². The number of aryl methyl sites for hydroxylation is 2. The molecule has 3 rings (SSSR count). The maximum Gasteiger partial charge on any atom is 0.277 e. The third kappa shape index (κ3) is 3.51. The van der Waals surface area contributed by atoms with E-state index < -0.39 is 0 Å². The fraction of sp³-hybridized carbons (Fsp3) is 0.412. The first-order valence-corrected chi connectivity index (χ1v) is 8.73. The Morgan fingerprint density at radius 2 is 1.83 bits per heavy atom. The van der Waals surface area contributed by atoms with Crippen LogP contribution in [-0.4, -0.2) is 20.3 Å². The van der Waals surface area contributed by atoms with Crippen molar-refractivity contribution in [2.75, 3.05) is 0 Å². The van der Waals surface area contributed by atoms with Gasteiger partial charge in [0.2, 0.25) is 11.8 Å². The minimum Gasteiger partial charge on any atom is -0.411 e. The van der Waals surface area contributed by atoms with Crippen LogP contribution < -0.4 is 0 Å². The van der Waals surface area contributed by atoms with Gasteiger partial charge in [0.25, 0.3) is 5.22 Å². The van der Waals surface area contributed by atoms with E-state index in [1.165, 1.54) is 22.9 Å². The van der Waals surface area contributed by atoms with Gasteiger partial charge in [0.05, 0.1) is 5.25 Å². The van der Waals surface area contributed by atoms with E-state index >= 15 is 0 Å². The molecule has 2 aromatic heterocycles. The molecule has 0 aliphatic heterocycles. The van der Waals surface area contributed by atoms with Crippen molar-refractivity contribution >= 4 is 11.8 Å². The van der Waals surface area contributed by atoms with E-state index in [0.717, 1.165) is 5.56 Å². The van der Waals surface area contributed by atoms with Crippen LogP contribution >= 0.6 is 11.8 Å². The highest BCUT2D eigenvalue weighted by Gasteiger charge is 2.20. The van der Waals surface area contributed by atoms with Crippen LogP contribution in [0.2, 0.25) is 0 Å². The van der Waals surface area contributed by atoms with E-state index in [4.69, 9.17) is 8.94 Å². The average Bonchev–Trinajstić information content (AvgIpc) is 3.19. The molecule has 1 aromatic carbocycles. The van der Waals surface area contributed by atoms with Gasteiger partial charge >= 0.3 is 0 Å². The number of aromatic nitrogens is 4. The molecular weight excluding hydrogens is 324 g/mol. The molecule has 7 heteroatoms. The predicted molar refractivity (Wildman–Crippen MR) is 91.9 cm³/mol. The lowest BCUT2D eigenvalue weighted by atomic mass is 10.1. The van der Waals surface area contributed by atoms with Crippen molar-refractivity contribution in [2.45, 2.75) is 51.0 Å². The van der Waals surface area contributed by atoms with Crippen LogP contribution in [0.15, 0.2) is 32.4 Å². The Balaban J connectivity index is 1.74. The molecule has 0 spiro atoms. The number of hydrogen-bond donors (Lipinski definition) is 0. The lowest BCUT2D eigenvalue weighted by molar-refractivity contribution is 0.372. The Bertz CT molecular complexity index is 841. The van der Waals surface area contributed by atoms with Crippen molar-refractivity contribution in [1.29, 1.82) is 0 Å². The van der Waals surface area contributed by atoms with Crippen molar-refractivity contribution in [3.63, 3.8) is 0 Å². The largest absolute Gasteiger partial charge is 0.411 e. The van der Waals surface area contributed by atoms with Crippen molar-refractivity contribution in [3.8, 4) is 11.5 Å². The SMILES string of the molecule is Cc1ccc(-c2nnc(SC(C)c3nc(C(C)C)no3)o2)cc1C. The van der Waals surface area contributed by atoms with E-state index in [9.17, 15) is 0 Å². The smallest absolute Gasteiger partial charge is 0.277 e. The van der Waals surface area contributed by atoms with Gasteiger partial charge in [-0.25, -0.2) is 0 Å². The molecule has 24 heavy (non-hydrogen) atoms. The zero-order valence-electron chi connectivity index (χ0n) is 14.4. The zero-order valence-corrected chi connectivity index (χ0v) is 15.2. The molecule has 0 bridgehead atoms. The van der Waals surface area contributed by atoms with Crippen LogP contribution in [0.3, 0.4) is 0 Å². The molecule has 0 aliphatic carbocycles. The van der Waals surface area contributed by atoms with E-state index in [2.05, 4.69) is 40.3 Å². The fourth-order valence-corrected chi connectivity index (χ4v) is 2.81. The normalized spacial score (nSPS) is 12.8. The second kappa shape index (κ2) is 6.76. The van der Waals surface area contributed by atoms with E-state index in [0.29, 0.717) is 22.8 Å². The minimum atomic E-state index is -0.0574. The summed E-state index contributed by atoms with van der Waals surface area (Å²) in [5.41, 5.74) is 3.35. The molecule has 0 amide bonds. The summed E-state index contributed by atoms with van der Waals surface area (Å²) in [5, 5.41) is 12.7. The minimum absolute atomic E-state index is 0.0574. The molecule has 0 N–H and O–H groups in total. The van der Waals surface area contributed by atoms with Crippen molar-refractivity contribution in [2.24, 2.45) is 0 Å². The van der Waals surface area contributed by atoms with E-state index in [1.807, 2.05) is 32.9 Å². The second-order valence-electron chi connectivity index (χ2n) is 6.08. The molecular formula is C17H20N4O2S. The molecule has 3 aromatic rings. The number of rotatable bonds is 5. The predicted octanol–water partition coefficient (Wildman–Crippen LogP) is 4.71. The summed E-state index contributed by atoms with van der Waals surface area (Å²) in [6.45, 7) is 10.2. The van der Waals surface area contributed by atoms with Gasteiger partial charge in [-0.15, -0.1) is 10.2 Å². The van der Waals surface area contributed by atoms with Gasteiger partial charge < -0.3 is 8.94 Å². The van der Waals surface area contributed by atoms with Gasteiger partial charge in [0, 0.05) is 11.5 Å². The summed E-state index contributed by atoms with van der Waals surface area (Å²) < 4.78 is 11.1. The maximum absolute atomic E-state index is 5.76.